The van der Waals surface area contributed by atoms with Crippen molar-refractivity contribution in [3.8, 4) is 0 Å². The molecule has 0 aliphatic carbocycles. The summed E-state index contributed by atoms with van der Waals surface area (Å²) in [7, 11) is 1.60. The van der Waals surface area contributed by atoms with Gasteiger partial charge in [0.25, 0.3) is 5.91 Å². The fraction of sp³-hybridized carbons (Fsp3) is 0.150. The van der Waals surface area contributed by atoms with Crippen LogP contribution in [-0.2, 0) is 4.79 Å². The van der Waals surface area contributed by atoms with Gasteiger partial charge in [0.1, 0.15) is 0 Å². The van der Waals surface area contributed by atoms with E-state index >= 15 is 0 Å². The Labute approximate surface area is 165 Å². The largest absolute Gasteiger partial charge is 0.478 e. The number of halogens is 1. The molecule has 2 aliphatic rings. The van der Waals surface area contributed by atoms with E-state index in [9.17, 15) is 19.5 Å². The van der Waals surface area contributed by atoms with Crippen LogP contribution in [0.1, 0.15) is 22.0 Å². The standard InChI is InChI=1S/C20H16ClN3O4/c1-23-15-10-24(14-4-2-3-12(9-14)19(26)27)18(25)16(15)17(22-20(23)28)11-5-7-13(21)8-6-11/h2-9,17H,10H2,1H3,(H,22,28)(H,26,27)/t17-/m1/s1. The van der Waals surface area contributed by atoms with Crippen LogP contribution in [0.2, 0.25) is 5.02 Å². The number of anilines is 1. The molecule has 2 N–H and O–H groups in total. The summed E-state index contributed by atoms with van der Waals surface area (Å²) in [6, 6.07) is 12.2. The smallest absolute Gasteiger partial charge is 0.335 e. The Balaban J connectivity index is 1.75. The number of nitrogens with zero attached hydrogens (tertiary/aromatic N) is 2. The average molecular weight is 398 g/mol. The van der Waals surface area contributed by atoms with E-state index in [0.29, 0.717) is 22.0 Å². The number of carboxylic acids is 1. The fourth-order valence-electron chi connectivity index (χ4n) is 3.49. The maximum atomic E-state index is 13.2. The number of urea groups is 1. The van der Waals surface area contributed by atoms with Gasteiger partial charge < -0.3 is 15.3 Å². The van der Waals surface area contributed by atoms with Gasteiger partial charge in [-0.2, -0.15) is 0 Å². The minimum absolute atomic E-state index is 0.0898. The van der Waals surface area contributed by atoms with Crippen molar-refractivity contribution in [2.45, 2.75) is 6.04 Å². The molecule has 7 nitrogen and oxygen atoms in total. The Hall–Kier alpha value is -3.32. The zero-order chi connectivity index (χ0) is 20.0. The number of carbonyl (C=O) groups excluding carboxylic acids is 2. The van der Waals surface area contributed by atoms with E-state index in [4.69, 9.17) is 11.6 Å². The minimum Gasteiger partial charge on any atom is -0.478 e. The van der Waals surface area contributed by atoms with Gasteiger partial charge in [0.05, 0.1) is 29.4 Å². The molecule has 0 spiro atoms. The second-order valence-corrected chi connectivity index (χ2v) is 7.04. The predicted octanol–water partition coefficient (Wildman–Crippen LogP) is 3.04. The lowest BCUT2D eigenvalue weighted by molar-refractivity contribution is -0.114. The van der Waals surface area contributed by atoms with Crippen LogP contribution in [0, 0.1) is 0 Å². The maximum absolute atomic E-state index is 13.2. The van der Waals surface area contributed by atoms with E-state index in [1.807, 2.05) is 0 Å². The Bertz CT molecular complexity index is 1030. The lowest BCUT2D eigenvalue weighted by atomic mass is 9.96. The normalized spacial score (nSPS) is 19.0. The molecular weight excluding hydrogens is 382 g/mol. The molecule has 0 fully saturated rings. The van der Waals surface area contributed by atoms with Crippen molar-refractivity contribution >= 4 is 35.2 Å². The Morgan fingerprint density at radius 1 is 1.18 bits per heavy atom. The molecule has 3 amide bonds. The number of aromatic carboxylic acids is 1. The third-order valence-corrected chi connectivity index (χ3v) is 5.22. The van der Waals surface area contributed by atoms with Crippen molar-refractivity contribution < 1.29 is 19.5 Å². The van der Waals surface area contributed by atoms with Crippen molar-refractivity contribution in [2.24, 2.45) is 0 Å². The van der Waals surface area contributed by atoms with Gasteiger partial charge in [0, 0.05) is 17.8 Å². The molecule has 2 heterocycles. The number of rotatable bonds is 3. The summed E-state index contributed by atoms with van der Waals surface area (Å²) in [5.74, 6) is -1.34. The highest BCUT2D eigenvalue weighted by molar-refractivity contribution is 6.30. The molecule has 8 heteroatoms. The van der Waals surface area contributed by atoms with Gasteiger partial charge in [-0.3, -0.25) is 9.69 Å². The Morgan fingerprint density at radius 3 is 2.57 bits per heavy atom. The summed E-state index contributed by atoms with van der Waals surface area (Å²) in [5.41, 5.74) is 2.36. The lowest BCUT2D eigenvalue weighted by Crippen LogP contribution is -2.45. The van der Waals surface area contributed by atoms with Crippen molar-refractivity contribution in [3.63, 3.8) is 0 Å². The number of likely N-dealkylation sites (N-methyl/N-ethyl adjacent to an activating group) is 1. The first-order chi connectivity index (χ1) is 13.4. The topological polar surface area (TPSA) is 90.0 Å². The molecule has 2 aromatic carbocycles. The molecule has 2 aliphatic heterocycles. The molecule has 0 saturated carbocycles. The molecule has 4 rings (SSSR count). The van der Waals surface area contributed by atoms with Crippen LogP contribution >= 0.6 is 11.6 Å². The van der Waals surface area contributed by atoms with Gasteiger partial charge in [-0.15, -0.1) is 0 Å². The number of hydrogen-bond donors (Lipinski definition) is 2. The zero-order valence-electron chi connectivity index (χ0n) is 14.8. The number of hydrogen-bond acceptors (Lipinski definition) is 3. The molecule has 0 saturated heterocycles. The zero-order valence-corrected chi connectivity index (χ0v) is 15.6. The molecule has 0 bridgehead atoms. The minimum atomic E-state index is -1.07. The summed E-state index contributed by atoms with van der Waals surface area (Å²) in [6.07, 6.45) is 0. The Morgan fingerprint density at radius 2 is 1.89 bits per heavy atom. The number of benzene rings is 2. The van der Waals surface area contributed by atoms with Crippen LogP contribution in [0.3, 0.4) is 0 Å². The van der Waals surface area contributed by atoms with Gasteiger partial charge in [-0.1, -0.05) is 29.8 Å². The quantitative estimate of drug-likeness (QED) is 0.833. The van der Waals surface area contributed by atoms with Gasteiger partial charge in [-0.05, 0) is 35.9 Å². The van der Waals surface area contributed by atoms with Crippen LogP contribution in [0.25, 0.3) is 0 Å². The summed E-state index contributed by atoms with van der Waals surface area (Å²) >= 11 is 5.96. The molecule has 28 heavy (non-hydrogen) atoms. The summed E-state index contributed by atoms with van der Waals surface area (Å²) in [4.78, 5) is 39.8. The molecular formula is C20H16ClN3O4. The van der Waals surface area contributed by atoms with Gasteiger partial charge in [0.15, 0.2) is 0 Å². The highest BCUT2D eigenvalue weighted by atomic mass is 35.5. The van der Waals surface area contributed by atoms with Gasteiger partial charge in [0.2, 0.25) is 0 Å². The lowest BCUT2D eigenvalue weighted by Gasteiger charge is -2.31. The van der Waals surface area contributed by atoms with E-state index in [2.05, 4.69) is 5.32 Å². The van der Waals surface area contributed by atoms with Crippen molar-refractivity contribution in [3.05, 3.63) is 76.0 Å². The number of nitrogens with one attached hydrogen (secondary N) is 1. The van der Waals surface area contributed by atoms with E-state index < -0.39 is 12.0 Å². The first-order valence-electron chi connectivity index (χ1n) is 8.55. The number of carbonyl (C=O) groups is 3. The maximum Gasteiger partial charge on any atom is 0.335 e. The second-order valence-electron chi connectivity index (χ2n) is 6.60. The molecule has 142 valence electrons. The summed E-state index contributed by atoms with van der Waals surface area (Å²) < 4.78 is 0. The second kappa shape index (κ2) is 6.69. The van der Waals surface area contributed by atoms with Crippen molar-refractivity contribution in [1.29, 1.82) is 0 Å². The van der Waals surface area contributed by atoms with Crippen LogP contribution in [-0.4, -0.2) is 41.5 Å². The van der Waals surface area contributed by atoms with Crippen LogP contribution < -0.4 is 10.2 Å². The first-order valence-corrected chi connectivity index (χ1v) is 8.92. The van der Waals surface area contributed by atoms with Gasteiger partial charge >= 0.3 is 12.0 Å². The van der Waals surface area contributed by atoms with E-state index in [0.717, 1.165) is 5.56 Å². The predicted molar refractivity (Wildman–Crippen MR) is 103 cm³/mol. The van der Waals surface area contributed by atoms with E-state index in [-0.39, 0.29) is 24.0 Å². The Kier molecular flexibility index (Phi) is 4.31. The third-order valence-electron chi connectivity index (χ3n) is 4.97. The van der Waals surface area contributed by atoms with Crippen LogP contribution in [0.15, 0.2) is 59.8 Å². The van der Waals surface area contributed by atoms with Crippen LogP contribution in [0.5, 0.6) is 0 Å². The first kappa shape index (κ1) is 18.1. The van der Waals surface area contributed by atoms with Crippen LogP contribution in [0.4, 0.5) is 10.5 Å². The number of carboxylic acid groups (broad SMARTS) is 1. The highest BCUT2D eigenvalue weighted by Gasteiger charge is 2.43. The average Bonchev–Trinajstić information content (AvgIpc) is 3.03. The molecule has 0 unspecified atom stereocenters. The fourth-order valence-corrected chi connectivity index (χ4v) is 3.61. The van der Waals surface area contributed by atoms with E-state index in [1.54, 1.807) is 43.4 Å². The molecule has 1 atom stereocenters. The summed E-state index contributed by atoms with van der Waals surface area (Å²) in [5, 5.41) is 12.6. The third kappa shape index (κ3) is 2.90. The molecule has 0 radical (unpaired) electrons. The van der Waals surface area contributed by atoms with E-state index in [1.165, 1.54) is 21.9 Å². The molecule has 2 aromatic rings. The van der Waals surface area contributed by atoms with Crippen molar-refractivity contribution in [2.75, 3.05) is 18.5 Å². The SMILES string of the molecule is CN1C(=O)N[C@H](c2ccc(Cl)cc2)C2=C1CN(c1cccc(C(=O)O)c1)C2=O. The van der Waals surface area contributed by atoms with Crippen molar-refractivity contribution in [1.82, 2.24) is 10.2 Å². The molecule has 0 aromatic heterocycles. The monoisotopic (exact) mass is 397 g/mol. The number of amides is 3. The van der Waals surface area contributed by atoms with Gasteiger partial charge in [-0.25, -0.2) is 9.59 Å². The summed E-state index contributed by atoms with van der Waals surface area (Å²) in [6.45, 7) is 0.186. The highest BCUT2D eigenvalue weighted by Crippen LogP contribution is 2.37.